The highest BCUT2D eigenvalue weighted by atomic mass is 19.3. The van der Waals surface area contributed by atoms with Gasteiger partial charge in [0.1, 0.15) is 17.1 Å². The smallest absolute Gasteiger partial charge is 0.270 e. The van der Waals surface area contributed by atoms with Gasteiger partial charge >= 0.3 is 0 Å². The lowest BCUT2D eigenvalue weighted by atomic mass is 9.87. The van der Waals surface area contributed by atoms with E-state index in [1.54, 1.807) is 18.2 Å². The van der Waals surface area contributed by atoms with Crippen LogP contribution in [0, 0.1) is 11.7 Å². The molecule has 2 aliphatic rings. The van der Waals surface area contributed by atoms with E-state index in [9.17, 15) is 27.6 Å². The Morgan fingerprint density at radius 3 is 2.73 bits per heavy atom. The molecule has 1 aliphatic carbocycles. The largest absolute Gasteiger partial charge is 0.482 e. The fraction of sp³-hybridized carbons (Fsp3) is 0.375. The molecule has 3 N–H and O–H groups in total. The lowest BCUT2D eigenvalue weighted by molar-refractivity contribution is -0.118. The van der Waals surface area contributed by atoms with Gasteiger partial charge in [-0.1, -0.05) is 6.07 Å². The lowest BCUT2D eigenvalue weighted by Crippen LogP contribution is -2.35. The molecule has 1 aromatic carbocycles. The molecular formula is C24H23F3N6O4. The van der Waals surface area contributed by atoms with Crippen LogP contribution in [0.25, 0.3) is 5.65 Å². The first kappa shape index (κ1) is 24.5. The van der Waals surface area contributed by atoms with Gasteiger partial charge in [0.25, 0.3) is 17.7 Å². The van der Waals surface area contributed by atoms with Crippen molar-refractivity contribution in [2.24, 2.45) is 5.92 Å². The van der Waals surface area contributed by atoms with Crippen LogP contribution < -0.4 is 20.7 Å². The third-order valence-corrected chi connectivity index (χ3v) is 6.41. The van der Waals surface area contributed by atoms with Gasteiger partial charge in [0.05, 0.1) is 11.9 Å². The van der Waals surface area contributed by atoms with Gasteiger partial charge in [-0.15, -0.1) is 0 Å². The maximum Gasteiger partial charge on any atom is 0.270 e. The Morgan fingerprint density at radius 1 is 1.16 bits per heavy atom. The molecule has 37 heavy (non-hydrogen) atoms. The Labute approximate surface area is 208 Å². The first-order chi connectivity index (χ1) is 17.7. The summed E-state index contributed by atoms with van der Waals surface area (Å²) >= 11 is 0. The summed E-state index contributed by atoms with van der Waals surface area (Å²) in [5.74, 6) is -4.67. The van der Waals surface area contributed by atoms with Gasteiger partial charge in [-0.2, -0.15) is 5.10 Å². The minimum absolute atomic E-state index is 0.0600. The molecule has 0 saturated heterocycles. The van der Waals surface area contributed by atoms with Crippen molar-refractivity contribution in [3.63, 3.8) is 0 Å². The molecule has 2 aromatic heterocycles. The number of hydrogen-bond acceptors (Lipinski definition) is 6. The topological polar surface area (TPSA) is 127 Å². The fourth-order valence-electron chi connectivity index (χ4n) is 4.36. The third-order valence-electron chi connectivity index (χ3n) is 6.41. The Bertz CT molecular complexity index is 1380. The van der Waals surface area contributed by atoms with Crippen LogP contribution in [-0.4, -0.2) is 51.4 Å². The monoisotopic (exact) mass is 516 g/mol. The van der Waals surface area contributed by atoms with Crippen molar-refractivity contribution < 1.29 is 32.3 Å². The van der Waals surface area contributed by atoms with E-state index in [-0.39, 0.29) is 74.2 Å². The number of nitrogens with one attached hydrogen (secondary N) is 3. The van der Waals surface area contributed by atoms with Crippen LogP contribution in [0.4, 0.5) is 18.9 Å². The molecule has 10 nitrogen and oxygen atoms in total. The van der Waals surface area contributed by atoms with E-state index in [0.717, 1.165) is 10.7 Å². The highest BCUT2D eigenvalue weighted by Gasteiger charge is 2.35. The minimum atomic E-state index is -2.67. The predicted molar refractivity (Wildman–Crippen MR) is 124 cm³/mol. The Kier molecular flexibility index (Phi) is 6.44. The molecule has 13 heteroatoms. The van der Waals surface area contributed by atoms with Gasteiger partial charge in [-0.25, -0.2) is 22.7 Å². The number of carbonyl (C=O) groups excluding carboxylic acids is 3. The van der Waals surface area contributed by atoms with Gasteiger partial charge in [0.2, 0.25) is 5.92 Å². The second kappa shape index (κ2) is 9.71. The summed E-state index contributed by atoms with van der Waals surface area (Å²) in [5, 5.41) is 11.9. The maximum atomic E-state index is 14.3. The van der Waals surface area contributed by atoms with Crippen molar-refractivity contribution in [3.05, 3.63) is 53.2 Å². The number of anilines is 1. The van der Waals surface area contributed by atoms with Gasteiger partial charge < -0.3 is 20.7 Å². The summed E-state index contributed by atoms with van der Waals surface area (Å²) in [6, 6.07) is 6.22. The molecule has 194 valence electrons. The molecule has 5 rings (SSSR count). The van der Waals surface area contributed by atoms with Gasteiger partial charge in [0, 0.05) is 32.0 Å². The summed E-state index contributed by atoms with van der Waals surface area (Å²) in [5.41, 5.74) is 0.511. The summed E-state index contributed by atoms with van der Waals surface area (Å²) in [4.78, 5) is 41.3. The number of fused-ring (bicyclic) bond motifs is 2. The van der Waals surface area contributed by atoms with E-state index in [0.29, 0.717) is 17.0 Å². The number of rotatable bonds is 6. The standard InChI is InChI=1S/C24H23F3N6O4/c25-15-11-30-33-18(23(36)29-9-13-3-5-24(26,27)6-4-13)8-17(32-21(15)33)22(35)28-10-14-1-2-19-16(7-14)31-20(34)12-37-19/h1-2,7-8,11,13H,3-6,9-10,12H2,(H,28,35)(H,29,36)(H,31,34). The zero-order valence-corrected chi connectivity index (χ0v) is 19.5. The van der Waals surface area contributed by atoms with Gasteiger partial charge in [0.15, 0.2) is 18.1 Å². The molecule has 1 fully saturated rings. The first-order valence-electron chi connectivity index (χ1n) is 11.7. The SMILES string of the molecule is O=C1COc2ccc(CNC(=O)c3cc(C(=O)NCC4CCC(F)(F)CC4)n4ncc(F)c4n3)cc2N1. The fourth-order valence-corrected chi connectivity index (χ4v) is 4.36. The van der Waals surface area contributed by atoms with Crippen molar-refractivity contribution in [2.45, 2.75) is 38.2 Å². The molecule has 0 spiro atoms. The molecule has 0 radical (unpaired) electrons. The Balaban J connectivity index is 1.29. The molecule has 0 atom stereocenters. The summed E-state index contributed by atoms with van der Waals surface area (Å²) in [6.45, 7) is 0.155. The summed E-state index contributed by atoms with van der Waals surface area (Å²) < 4.78 is 47.4. The number of ether oxygens (including phenoxy) is 1. The molecule has 1 saturated carbocycles. The van der Waals surface area contributed by atoms with Crippen LogP contribution in [0.2, 0.25) is 0 Å². The summed E-state index contributed by atoms with van der Waals surface area (Å²) in [7, 11) is 0. The maximum absolute atomic E-state index is 14.3. The van der Waals surface area contributed by atoms with Crippen molar-refractivity contribution in [3.8, 4) is 5.75 Å². The van der Waals surface area contributed by atoms with Crippen LogP contribution in [0.1, 0.15) is 52.2 Å². The third kappa shape index (κ3) is 5.34. The quantitative estimate of drug-likeness (QED) is 0.463. The van der Waals surface area contributed by atoms with Crippen LogP contribution in [0.3, 0.4) is 0 Å². The number of benzene rings is 1. The second-order valence-electron chi connectivity index (χ2n) is 9.11. The van der Waals surface area contributed by atoms with Crippen molar-refractivity contribution in [1.82, 2.24) is 25.2 Å². The molecular weight excluding hydrogens is 493 g/mol. The average Bonchev–Trinajstić information content (AvgIpc) is 3.26. The van der Waals surface area contributed by atoms with Crippen molar-refractivity contribution in [1.29, 1.82) is 0 Å². The lowest BCUT2D eigenvalue weighted by Gasteiger charge is -2.28. The average molecular weight is 516 g/mol. The van der Waals surface area contributed by atoms with Crippen LogP contribution in [0.15, 0.2) is 30.5 Å². The van der Waals surface area contributed by atoms with Crippen LogP contribution in [-0.2, 0) is 11.3 Å². The molecule has 1 aliphatic heterocycles. The molecule has 3 heterocycles. The molecule has 3 amide bonds. The number of aromatic nitrogens is 3. The number of alkyl halides is 2. The van der Waals surface area contributed by atoms with Crippen molar-refractivity contribution >= 4 is 29.1 Å². The van der Waals surface area contributed by atoms with Gasteiger partial charge in [-0.3, -0.25) is 14.4 Å². The predicted octanol–water partition coefficient (Wildman–Crippen LogP) is 2.68. The normalized spacial score (nSPS) is 17.0. The Morgan fingerprint density at radius 2 is 1.95 bits per heavy atom. The minimum Gasteiger partial charge on any atom is -0.482 e. The number of halogens is 3. The van der Waals surface area contributed by atoms with E-state index >= 15 is 0 Å². The summed E-state index contributed by atoms with van der Waals surface area (Å²) in [6.07, 6.45) is 0.980. The number of nitrogens with zero attached hydrogens (tertiary/aromatic N) is 3. The first-order valence-corrected chi connectivity index (χ1v) is 11.7. The van der Waals surface area contributed by atoms with E-state index in [2.05, 4.69) is 26.0 Å². The molecule has 3 aromatic rings. The molecule has 0 unspecified atom stereocenters. The highest BCUT2D eigenvalue weighted by molar-refractivity contribution is 5.98. The highest BCUT2D eigenvalue weighted by Crippen LogP contribution is 2.35. The number of carbonyl (C=O) groups is 3. The van der Waals surface area contributed by atoms with Crippen LogP contribution in [0.5, 0.6) is 5.75 Å². The number of hydrogen-bond donors (Lipinski definition) is 3. The van der Waals surface area contributed by atoms with Crippen LogP contribution >= 0.6 is 0 Å². The van der Waals surface area contributed by atoms with Gasteiger partial charge in [-0.05, 0) is 36.5 Å². The van der Waals surface area contributed by atoms with E-state index in [4.69, 9.17) is 4.74 Å². The van der Waals surface area contributed by atoms with E-state index < -0.39 is 23.6 Å². The van der Waals surface area contributed by atoms with Crippen molar-refractivity contribution in [2.75, 3.05) is 18.5 Å². The zero-order valence-electron chi connectivity index (χ0n) is 19.5. The Hall–Kier alpha value is -4.16. The second-order valence-corrected chi connectivity index (χ2v) is 9.11. The van der Waals surface area contributed by atoms with E-state index in [1.165, 1.54) is 6.07 Å². The number of amides is 3. The zero-order chi connectivity index (χ0) is 26.2. The van der Waals surface area contributed by atoms with E-state index in [1.807, 2.05) is 0 Å². The molecule has 0 bridgehead atoms.